The van der Waals surface area contributed by atoms with E-state index in [4.69, 9.17) is 0 Å². The van der Waals surface area contributed by atoms with E-state index in [0.29, 0.717) is 11.0 Å². The Balaban J connectivity index is 1.91. The summed E-state index contributed by atoms with van der Waals surface area (Å²) in [5.74, 6) is -0.356. The molecule has 0 fully saturated rings. The van der Waals surface area contributed by atoms with Gasteiger partial charge >= 0.3 is 0 Å². The molecule has 0 aliphatic rings. The summed E-state index contributed by atoms with van der Waals surface area (Å²) in [6.07, 6.45) is 0.994. The first kappa shape index (κ1) is 20.4. The van der Waals surface area contributed by atoms with Crippen LogP contribution in [0.4, 0.5) is 0 Å². The summed E-state index contributed by atoms with van der Waals surface area (Å²) >= 11 is 0.951. The van der Waals surface area contributed by atoms with Crippen LogP contribution in [0.5, 0.6) is 0 Å². The Morgan fingerprint density at radius 3 is 2.57 bits per heavy atom. The number of carbonyl (C=O) groups excluding carboxylic acids is 1. The second-order valence-corrected chi connectivity index (χ2v) is 8.78. The molecular weight excluding hydrogens is 396 g/mol. The lowest BCUT2D eigenvalue weighted by molar-refractivity contribution is -0.123. The van der Waals surface area contributed by atoms with E-state index < -0.39 is 16.1 Å². The molecular formula is C19H22N4O3S2. The van der Waals surface area contributed by atoms with Gasteiger partial charge in [-0.1, -0.05) is 43.3 Å². The highest BCUT2D eigenvalue weighted by Gasteiger charge is 2.28. The van der Waals surface area contributed by atoms with Gasteiger partial charge in [0.1, 0.15) is 22.0 Å². The SMILES string of the molecule is CC[C@@H](C)NC(=O)[C@@H](Cc1ccccc1)NS(=O)(=O)c1cccc2nsnc12. The predicted octanol–water partition coefficient (Wildman–Crippen LogP) is 2.50. The minimum atomic E-state index is -3.97. The van der Waals surface area contributed by atoms with Crippen molar-refractivity contribution in [2.75, 3.05) is 0 Å². The van der Waals surface area contributed by atoms with Crippen molar-refractivity contribution in [2.45, 2.75) is 43.7 Å². The summed E-state index contributed by atoms with van der Waals surface area (Å²) in [7, 11) is -3.97. The Labute approximate surface area is 168 Å². The van der Waals surface area contributed by atoms with Gasteiger partial charge in [-0.3, -0.25) is 4.79 Å². The Morgan fingerprint density at radius 1 is 1.11 bits per heavy atom. The van der Waals surface area contributed by atoms with Gasteiger partial charge in [-0.2, -0.15) is 13.5 Å². The van der Waals surface area contributed by atoms with Crippen molar-refractivity contribution in [1.82, 2.24) is 18.8 Å². The van der Waals surface area contributed by atoms with E-state index >= 15 is 0 Å². The highest BCUT2D eigenvalue weighted by atomic mass is 32.2. The minimum Gasteiger partial charge on any atom is -0.352 e. The van der Waals surface area contributed by atoms with Gasteiger partial charge in [0.2, 0.25) is 15.9 Å². The average molecular weight is 419 g/mol. The second kappa shape index (κ2) is 8.76. The third kappa shape index (κ3) is 4.73. The van der Waals surface area contributed by atoms with Gasteiger partial charge in [0.25, 0.3) is 0 Å². The van der Waals surface area contributed by atoms with Crippen LogP contribution in [0.25, 0.3) is 11.0 Å². The van der Waals surface area contributed by atoms with E-state index in [1.165, 1.54) is 6.07 Å². The van der Waals surface area contributed by atoms with E-state index in [0.717, 1.165) is 23.7 Å². The summed E-state index contributed by atoms with van der Waals surface area (Å²) in [6, 6.07) is 13.1. The van der Waals surface area contributed by atoms with Gasteiger partial charge in [0.15, 0.2) is 0 Å². The van der Waals surface area contributed by atoms with Crippen molar-refractivity contribution in [3.8, 4) is 0 Å². The van der Waals surface area contributed by atoms with Crippen LogP contribution in [-0.2, 0) is 21.2 Å². The molecule has 0 unspecified atom stereocenters. The van der Waals surface area contributed by atoms with Crippen molar-refractivity contribution in [2.24, 2.45) is 0 Å². The molecule has 0 saturated carbocycles. The van der Waals surface area contributed by atoms with Crippen LogP contribution < -0.4 is 10.0 Å². The largest absolute Gasteiger partial charge is 0.352 e. The predicted molar refractivity (Wildman–Crippen MR) is 110 cm³/mol. The van der Waals surface area contributed by atoms with Gasteiger partial charge < -0.3 is 5.32 Å². The first-order valence-electron chi connectivity index (χ1n) is 8.98. The maximum Gasteiger partial charge on any atom is 0.243 e. The number of rotatable bonds is 8. The Bertz CT molecular complexity index is 1050. The third-order valence-electron chi connectivity index (χ3n) is 4.44. The zero-order valence-corrected chi connectivity index (χ0v) is 17.3. The van der Waals surface area contributed by atoms with Gasteiger partial charge in [-0.25, -0.2) is 8.42 Å². The normalized spacial score (nSPS) is 13.9. The zero-order valence-electron chi connectivity index (χ0n) is 15.6. The lowest BCUT2D eigenvalue weighted by atomic mass is 10.1. The van der Waals surface area contributed by atoms with Crippen LogP contribution >= 0.6 is 11.7 Å². The third-order valence-corrected chi connectivity index (χ3v) is 6.48. The van der Waals surface area contributed by atoms with Gasteiger partial charge in [0.05, 0.1) is 11.7 Å². The molecule has 1 amide bonds. The first-order valence-corrected chi connectivity index (χ1v) is 11.2. The second-order valence-electron chi connectivity index (χ2n) is 6.57. The molecule has 0 bridgehead atoms. The highest BCUT2D eigenvalue weighted by molar-refractivity contribution is 7.89. The number of nitrogens with zero attached hydrogens (tertiary/aromatic N) is 2. The zero-order chi connectivity index (χ0) is 20.1. The summed E-state index contributed by atoms with van der Waals surface area (Å²) in [5, 5.41) is 2.86. The number of hydrogen-bond donors (Lipinski definition) is 2. The van der Waals surface area contributed by atoms with Crippen LogP contribution in [0.15, 0.2) is 53.4 Å². The molecule has 0 radical (unpaired) electrons. The lowest BCUT2D eigenvalue weighted by Gasteiger charge is -2.21. The fraction of sp³-hybridized carbons (Fsp3) is 0.316. The van der Waals surface area contributed by atoms with Crippen LogP contribution in [0.3, 0.4) is 0 Å². The van der Waals surface area contributed by atoms with E-state index in [2.05, 4.69) is 18.8 Å². The molecule has 0 aliphatic carbocycles. The number of benzene rings is 2. The fourth-order valence-electron chi connectivity index (χ4n) is 2.73. The number of fused-ring (bicyclic) bond motifs is 1. The summed E-state index contributed by atoms with van der Waals surface area (Å²) in [6.45, 7) is 3.84. The molecule has 7 nitrogen and oxygen atoms in total. The molecule has 2 atom stereocenters. The van der Waals surface area contributed by atoms with Gasteiger partial charge in [-0.05, 0) is 37.5 Å². The number of carbonyl (C=O) groups is 1. The van der Waals surface area contributed by atoms with E-state index in [1.54, 1.807) is 12.1 Å². The molecule has 148 valence electrons. The van der Waals surface area contributed by atoms with E-state index in [9.17, 15) is 13.2 Å². The molecule has 0 aliphatic heterocycles. The Morgan fingerprint density at radius 2 is 1.86 bits per heavy atom. The molecule has 0 saturated heterocycles. The standard InChI is InChI=1S/C19H22N4O3S2/c1-3-13(2)20-19(24)16(12-14-8-5-4-6-9-14)23-28(25,26)17-11-7-10-15-18(17)22-27-21-15/h4-11,13,16,23H,3,12H2,1-2H3,(H,20,24)/t13-,16-/m1/s1. The van der Waals surface area contributed by atoms with E-state index in [-0.39, 0.29) is 23.3 Å². The molecule has 0 spiro atoms. The van der Waals surface area contributed by atoms with Crippen molar-refractivity contribution in [1.29, 1.82) is 0 Å². The Hall–Kier alpha value is -2.36. The van der Waals surface area contributed by atoms with Gasteiger partial charge in [-0.15, -0.1) is 0 Å². The molecule has 2 aromatic carbocycles. The van der Waals surface area contributed by atoms with Gasteiger partial charge in [0, 0.05) is 6.04 Å². The first-order chi connectivity index (χ1) is 13.4. The van der Waals surface area contributed by atoms with Crippen molar-refractivity contribution < 1.29 is 13.2 Å². The summed E-state index contributed by atoms with van der Waals surface area (Å²) in [4.78, 5) is 12.8. The number of hydrogen-bond acceptors (Lipinski definition) is 6. The maximum absolute atomic E-state index is 13.1. The molecule has 1 aromatic heterocycles. The average Bonchev–Trinajstić information content (AvgIpc) is 3.16. The molecule has 3 rings (SSSR count). The lowest BCUT2D eigenvalue weighted by Crippen LogP contribution is -2.50. The maximum atomic E-state index is 13.1. The van der Waals surface area contributed by atoms with E-state index in [1.807, 2.05) is 44.2 Å². The molecule has 1 heterocycles. The minimum absolute atomic E-state index is 0.0214. The van der Waals surface area contributed by atoms with Crippen molar-refractivity contribution in [3.05, 3.63) is 54.1 Å². The highest BCUT2D eigenvalue weighted by Crippen LogP contribution is 2.21. The summed E-state index contributed by atoms with van der Waals surface area (Å²) in [5.41, 5.74) is 1.68. The Kier molecular flexibility index (Phi) is 6.38. The van der Waals surface area contributed by atoms with Crippen molar-refractivity contribution >= 4 is 38.7 Å². The molecule has 3 aromatic rings. The van der Waals surface area contributed by atoms with Crippen molar-refractivity contribution in [3.63, 3.8) is 0 Å². The molecule has 28 heavy (non-hydrogen) atoms. The van der Waals surface area contributed by atoms with Crippen LogP contribution in [0, 0.1) is 0 Å². The molecule has 9 heteroatoms. The monoisotopic (exact) mass is 418 g/mol. The smallest absolute Gasteiger partial charge is 0.243 e. The quantitative estimate of drug-likeness (QED) is 0.585. The summed E-state index contributed by atoms with van der Waals surface area (Å²) < 4.78 is 36.8. The molecule has 2 N–H and O–H groups in total. The topological polar surface area (TPSA) is 101 Å². The number of amides is 1. The number of sulfonamides is 1. The number of aromatic nitrogens is 2. The fourth-order valence-corrected chi connectivity index (χ4v) is 4.69. The van der Waals surface area contributed by atoms with Crippen LogP contribution in [0.1, 0.15) is 25.8 Å². The van der Waals surface area contributed by atoms with Crippen LogP contribution in [0.2, 0.25) is 0 Å². The van der Waals surface area contributed by atoms with Crippen LogP contribution in [-0.4, -0.2) is 35.2 Å². The number of nitrogens with one attached hydrogen (secondary N) is 2.